The first-order valence-electron chi connectivity index (χ1n) is 12.7. The zero-order valence-corrected chi connectivity index (χ0v) is 20.7. The molecule has 5 heteroatoms. The van der Waals surface area contributed by atoms with E-state index in [4.69, 9.17) is 4.98 Å². The molecule has 1 aliphatic rings. The minimum Gasteiger partial charge on any atom is -0.355 e. The number of fused-ring (bicyclic) bond motifs is 1. The molecule has 1 saturated heterocycles. The van der Waals surface area contributed by atoms with Crippen molar-refractivity contribution < 1.29 is 4.79 Å². The van der Waals surface area contributed by atoms with E-state index in [0.29, 0.717) is 12.5 Å². The number of para-hydroxylation sites is 2. The number of hydrogen-bond donors (Lipinski definition) is 1. The summed E-state index contributed by atoms with van der Waals surface area (Å²) in [5.74, 6) is 1.55. The fourth-order valence-corrected chi connectivity index (χ4v) is 4.98. The summed E-state index contributed by atoms with van der Waals surface area (Å²) in [6.45, 7) is 7.41. The Morgan fingerprint density at radius 3 is 2.40 bits per heavy atom. The molecule has 35 heavy (non-hydrogen) atoms. The van der Waals surface area contributed by atoms with Crippen molar-refractivity contribution in [3.8, 4) is 0 Å². The van der Waals surface area contributed by atoms with Crippen molar-refractivity contribution in [2.45, 2.75) is 39.2 Å². The van der Waals surface area contributed by atoms with Crippen molar-refractivity contribution in [1.82, 2.24) is 14.9 Å². The minimum atomic E-state index is 0.0594. The van der Waals surface area contributed by atoms with Crippen LogP contribution in [0.2, 0.25) is 0 Å². The largest absolute Gasteiger partial charge is 0.355 e. The molecular formula is C30H34N4O. The number of nitrogens with zero attached hydrogens (tertiary/aromatic N) is 3. The summed E-state index contributed by atoms with van der Waals surface area (Å²) >= 11 is 0. The van der Waals surface area contributed by atoms with Crippen molar-refractivity contribution in [2.24, 2.45) is 5.92 Å². The fraction of sp³-hybridized carbons (Fsp3) is 0.333. The van der Waals surface area contributed by atoms with Gasteiger partial charge in [0.25, 0.3) is 0 Å². The average molecular weight is 467 g/mol. The van der Waals surface area contributed by atoms with E-state index in [2.05, 4.69) is 95.4 Å². The molecule has 0 aliphatic carbocycles. The highest BCUT2D eigenvalue weighted by Gasteiger charge is 2.28. The smallest absolute Gasteiger partial charge is 0.223 e. The maximum atomic E-state index is 12.9. The number of imidazole rings is 1. The number of carbonyl (C=O) groups excluding carboxylic acids is 1. The lowest BCUT2D eigenvalue weighted by atomic mass is 9.95. The number of amides is 1. The molecule has 1 amide bonds. The number of hydrogen-bond acceptors (Lipinski definition) is 3. The van der Waals surface area contributed by atoms with Crippen molar-refractivity contribution in [2.75, 3.05) is 24.5 Å². The lowest BCUT2D eigenvalue weighted by molar-refractivity contribution is -0.125. The molecular weight excluding hydrogens is 432 g/mol. The third-order valence-electron chi connectivity index (χ3n) is 7.20. The van der Waals surface area contributed by atoms with Gasteiger partial charge in [-0.05, 0) is 48.9 Å². The molecule has 1 aromatic heterocycles. The first-order chi connectivity index (χ1) is 17.1. The quantitative estimate of drug-likeness (QED) is 0.390. The second-order valence-electron chi connectivity index (χ2n) is 9.79. The molecule has 0 radical (unpaired) electrons. The Hall–Kier alpha value is -3.60. The molecule has 0 saturated carbocycles. The van der Waals surface area contributed by atoms with Gasteiger partial charge in [0.2, 0.25) is 11.9 Å². The van der Waals surface area contributed by atoms with E-state index in [9.17, 15) is 4.79 Å². The van der Waals surface area contributed by atoms with Crippen LogP contribution in [0.3, 0.4) is 0 Å². The van der Waals surface area contributed by atoms with Gasteiger partial charge < -0.3 is 14.8 Å². The van der Waals surface area contributed by atoms with Crippen molar-refractivity contribution >= 4 is 22.9 Å². The Balaban J connectivity index is 1.25. The molecule has 180 valence electrons. The lowest BCUT2D eigenvalue weighted by Crippen LogP contribution is -2.42. The van der Waals surface area contributed by atoms with Crippen LogP contribution in [-0.4, -0.2) is 35.1 Å². The number of aromatic nitrogens is 2. The Morgan fingerprint density at radius 1 is 0.971 bits per heavy atom. The Bertz CT molecular complexity index is 1270. The van der Waals surface area contributed by atoms with Crippen LogP contribution in [0.1, 0.15) is 42.4 Å². The van der Waals surface area contributed by atoms with Gasteiger partial charge in [-0.15, -0.1) is 0 Å². The van der Waals surface area contributed by atoms with Gasteiger partial charge in [-0.3, -0.25) is 4.79 Å². The van der Waals surface area contributed by atoms with E-state index < -0.39 is 0 Å². The van der Waals surface area contributed by atoms with E-state index in [1.807, 2.05) is 12.1 Å². The standard InChI is InChI=1S/C30H34N4O/c1-22-12-14-24(15-13-22)21-34-28-11-7-6-10-27(28)32-30(34)33-18-16-26(17-19-33)29(35)31-20-23(2)25-8-4-3-5-9-25/h3-15,23,26H,16-21H2,1-2H3,(H,31,35). The monoisotopic (exact) mass is 466 g/mol. The molecule has 5 nitrogen and oxygen atoms in total. The molecule has 1 atom stereocenters. The summed E-state index contributed by atoms with van der Waals surface area (Å²) in [7, 11) is 0. The topological polar surface area (TPSA) is 50.2 Å². The van der Waals surface area contributed by atoms with Gasteiger partial charge >= 0.3 is 0 Å². The summed E-state index contributed by atoms with van der Waals surface area (Å²) in [5, 5.41) is 3.20. The number of nitrogens with one attached hydrogen (secondary N) is 1. The Morgan fingerprint density at radius 2 is 1.66 bits per heavy atom. The molecule has 1 unspecified atom stereocenters. The van der Waals surface area contributed by atoms with Crippen LogP contribution in [0.5, 0.6) is 0 Å². The highest BCUT2D eigenvalue weighted by molar-refractivity contribution is 5.80. The fourth-order valence-electron chi connectivity index (χ4n) is 4.98. The number of aryl methyl sites for hydroxylation is 1. The predicted octanol–water partition coefficient (Wildman–Crippen LogP) is 5.53. The summed E-state index contributed by atoms with van der Waals surface area (Å²) in [6, 6.07) is 27.4. The van der Waals surface area contributed by atoms with Gasteiger partial charge in [0.05, 0.1) is 17.6 Å². The summed E-state index contributed by atoms with van der Waals surface area (Å²) in [4.78, 5) is 20.3. The molecule has 0 spiro atoms. The maximum absolute atomic E-state index is 12.9. The SMILES string of the molecule is Cc1ccc(Cn2c(N3CCC(C(=O)NCC(C)c4ccccc4)CC3)nc3ccccc32)cc1. The van der Waals surface area contributed by atoms with Crippen LogP contribution in [0.4, 0.5) is 5.95 Å². The molecule has 1 fully saturated rings. The maximum Gasteiger partial charge on any atom is 0.223 e. The zero-order chi connectivity index (χ0) is 24.2. The van der Waals surface area contributed by atoms with Gasteiger partial charge in [0, 0.05) is 25.6 Å². The minimum absolute atomic E-state index is 0.0594. The van der Waals surface area contributed by atoms with Gasteiger partial charge in [-0.2, -0.15) is 0 Å². The van der Waals surface area contributed by atoms with E-state index in [1.165, 1.54) is 16.7 Å². The van der Waals surface area contributed by atoms with Gasteiger partial charge in [0.1, 0.15) is 0 Å². The lowest BCUT2D eigenvalue weighted by Gasteiger charge is -2.32. The molecule has 5 rings (SSSR count). The van der Waals surface area contributed by atoms with Crippen LogP contribution in [0.15, 0.2) is 78.9 Å². The third-order valence-corrected chi connectivity index (χ3v) is 7.20. The Labute approximate surface area is 207 Å². The highest BCUT2D eigenvalue weighted by atomic mass is 16.1. The van der Waals surface area contributed by atoms with Crippen LogP contribution in [0, 0.1) is 12.8 Å². The molecule has 3 aromatic carbocycles. The first-order valence-corrected chi connectivity index (χ1v) is 12.7. The van der Waals surface area contributed by atoms with Crippen molar-refractivity contribution in [3.63, 3.8) is 0 Å². The van der Waals surface area contributed by atoms with Crippen LogP contribution in [-0.2, 0) is 11.3 Å². The number of carbonyl (C=O) groups is 1. The third kappa shape index (κ3) is 5.24. The molecule has 1 aliphatic heterocycles. The second-order valence-corrected chi connectivity index (χ2v) is 9.79. The zero-order valence-electron chi connectivity index (χ0n) is 20.7. The first kappa shape index (κ1) is 23.2. The van der Waals surface area contributed by atoms with Crippen LogP contribution >= 0.6 is 0 Å². The Kier molecular flexibility index (Phi) is 6.84. The van der Waals surface area contributed by atoms with E-state index in [0.717, 1.165) is 49.5 Å². The van der Waals surface area contributed by atoms with E-state index in [-0.39, 0.29) is 11.8 Å². The van der Waals surface area contributed by atoms with E-state index >= 15 is 0 Å². The van der Waals surface area contributed by atoms with E-state index in [1.54, 1.807) is 0 Å². The normalized spacial score (nSPS) is 15.3. The van der Waals surface area contributed by atoms with Gasteiger partial charge in [-0.25, -0.2) is 4.98 Å². The van der Waals surface area contributed by atoms with Crippen molar-refractivity contribution in [3.05, 3.63) is 95.6 Å². The van der Waals surface area contributed by atoms with Gasteiger partial charge in [-0.1, -0.05) is 79.2 Å². The van der Waals surface area contributed by atoms with Gasteiger partial charge in [0.15, 0.2) is 0 Å². The summed E-state index contributed by atoms with van der Waals surface area (Å²) in [6.07, 6.45) is 1.69. The number of rotatable bonds is 7. The highest BCUT2D eigenvalue weighted by Crippen LogP contribution is 2.28. The second kappa shape index (κ2) is 10.3. The average Bonchev–Trinajstić information content (AvgIpc) is 3.27. The predicted molar refractivity (Wildman–Crippen MR) is 143 cm³/mol. The number of anilines is 1. The molecule has 1 N–H and O–H groups in total. The van der Waals surface area contributed by atoms with Crippen molar-refractivity contribution in [1.29, 1.82) is 0 Å². The molecule has 0 bridgehead atoms. The summed E-state index contributed by atoms with van der Waals surface area (Å²) in [5.41, 5.74) is 5.96. The van der Waals surface area contributed by atoms with Crippen LogP contribution < -0.4 is 10.2 Å². The molecule has 2 heterocycles. The number of piperidine rings is 1. The summed E-state index contributed by atoms with van der Waals surface area (Å²) < 4.78 is 2.32. The molecule has 4 aromatic rings. The number of benzene rings is 3. The van der Waals surface area contributed by atoms with Crippen LogP contribution in [0.25, 0.3) is 11.0 Å².